The maximum atomic E-state index is 12.8. The Morgan fingerprint density at radius 2 is 2.07 bits per heavy atom. The number of amides is 1. The first-order chi connectivity index (χ1) is 13.0. The predicted molar refractivity (Wildman–Crippen MR) is 103 cm³/mol. The minimum absolute atomic E-state index is 0.159. The van der Waals surface area contributed by atoms with Crippen LogP contribution in [-0.4, -0.2) is 46.3 Å². The number of carbonyl (C=O) groups excluding carboxylic acids is 1. The van der Waals surface area contributed by atoms with Gasteiger partial charge >= 0.3 is 0 Å². The van der Waals surface area contributed by atoms with E-state index >= 15 is 0 Å². The molecule has 1 amide bonds. The highest BCUT2D eigenvalue weighted by Crippen LogP contribution is 2.23. The number of likely N-dealkylation sites (tertiary alicyclic amines) is 1. The Kier molecular flexibility index (Phi) is 6.29. The van der Waals surface area contributed by atoms with Crippen molar-refractivity contribution in [3.8, 4) is 0 Å². The maximum absolute atomic E-state index is 12.8. The number of benzene rings is 1. The van der Waals surface area contributed by atoms with Gasteiger partial charge < -0.3 is 19.8 Å². The maximum Gasteiger partial charge on any atom is 0.255 e. The van der Waals surface area contributed by atoms with Gasteiger partial charge in [0.15, 0.2) is 5.60 Å². The van der Waals surface area contributed by atoms with Crippen LogP contribution in [-0.2, 0) is 17.8 Å². The standard InChI is InChI=1S/C21H29N3O3/c1-16-19(17(2)27-23-16)14-22-15-21(26)11-7-13-24(20(21)25)12-6-10-18-8-4-3-5-9-18/h3-5,8-9,22,26H,6-7,10-15H2,1-2H3/t21-/m1/s1. The van der Waals surface area contributed by atoms with Gasteiger partial charge in [-0.2, -0.15) is 0 Å². The zero-order chi connectivity index (χ0) is 19.3. The fourth-order valence-corrected chi connectivity index (χ4v) is 3.71. The summed E-state index contributed by atoms with van der Waals surface area (Å²) in [6.07, 6.45) is 3.15. The molecular formula is C21H29N3O3. The number of rotatable bonds is 8. The lowest BCUT2D eigenvalue weighted by Crippen LogP contribution is -2.58. The van der Waals surface area contributed by atoms with Gasteiger partial charge in [-0.1, -0.05) is 35.5 Å². The number of nitrogens with one attached hydrogen (secondary N) is 1. The van der Waals surface area contributed by atoms with Gasteiger partial charge in [0, 0.05) is 31.7 Å². The van der Waals surface area contributed by atoms with Crippen molar-refractivity contribution in [2.75, 3.05) is 19.6 Å². The van der Waals surface area contributed by atoms with Crippen molar-refractivity contribution < 1.29 is 14.4 Å². The van der Waals surface area contributed by atoms with Gasteiger partial charge in [0.1, 0.15) is 5.76 Å². The van der Waals surface area contributed by atoms with E-state index in [4.69, 9.17) is 4.52 Å². The molecule has 2 heterocycles. The van der Waals surface area contributed by atoms with Crippen molar-refractivity contribution >= 4 is 5.91 Å². The van der Waals surface area contributed by atoms with Crippen molar-refractivity contribution in [2.45, 2.75) is 51.7 Å². The van der Waals surface area contributed by atoms with Crippen LogP contribution in [0.15, 0.2) is 34.9 Å². The van der Waals surface area contributed by atoms with Crippen molar-refractivity contribution in [3.05, 3.63) is 52.9 Å². The Balaban J connectivity index is 1.50. The molecule has 0 aliphatic carbocycles. The summed E-state index contributed by atoms with van der Waals surface area (Å²) in [6.45, 7) is 5.93. The van der Waals surface area contributed by atoms with Gasteiger partial charge in [0.05, 0.1) is 5.69 Å². The average Bonchev–Trinajstić information content (AvgIpc) is 2.98. The normalized spacial score (nSPS) is 20.3. The molecule has 0 bridgehead atoms. The van der Waals surface area contributed by atoms with Crippen molar-refractivity contribution in [3.63, 3.8) is 0 Å². The fraction of sp³-hybridized carbons (Fsp3) is 0.524. The van der Waals surface area contributed by atoms with Crippen molar-refractivity contribution in [1.29, 1.82) is 0 Å². The second kappa shape index (κ2) is 8.67. The second-order valence-electron chi connectivity index (χ2n) is 7.42. The molecule has 0 saturated carbocycles. The summed E-state index contributed by atoms with van der Waals surface area (Å²) in [5.41, 5.74) is 1.77. The molecule has 146 valence electrons. The molecule has 1 fully saturated rings. The Morgan fingerprint density at radius 1 is 1.30 bits per heavy atom. The van der Waals surface area contributed by atoms with Gasteiger partial charge in [0.2, 0.25) is 0 Å². The molecule has 0 unspecified atom stereocenters. The summed E-state index contributed by atoms with van der Waals surface area (Å²) < 4.78 is 5.15. The quantitative estimate of drug-likeness (QED) is 0.745. The Labute approximate surface area is 160 Å². The fourth-order valence-electron chi connectivity index (χ4n) is 3.71. The van der Waals surface area contributed by atoms with Gasteiger partial charge in [-0.3, -0.25) is 4.79 Å². The lowest BCUT2D eigenvalue weighted by molar-refractivity contribution is -0.156. The van der Waals surface area contributed by atoms with E-state index < -0.39 is 5.60 Å². The van der Waals surface area contributed by atoms with E-state index in [1.807, 2.05) is 36.9 Å². The van der Waals surface area contributed by atoms with E-state index in [2.05, 4.69) is 22.6 Å². The highest BCUT2D eigenvalue weighted by atomic mass is 16.5. The van der Waals surface area contributed by atoms with E-state index in [9.17, 15) is 9.90 Å². The third-order valence-electron chi connectivity index (χ3n) is 5.34. The molecule has 1 aromatic carbocycles. The molecule has 2 N–H and O–H groups in total. The number of piperidine rings is 1. The first-order valence-corrected chi connectivity index (χ1v) is 9.68. The van der Waals surface area contributed by atoms with Crippen LogP contribution in [0, 0.1) is 13.8 Å². The van der Waals surface area contributed by atoms with Crippen LogP contribution < -0.4 is 5.32 Å². The lowest BCUT2D eigenvalue weighted by Gasteiger charge is -2.38. The number of aryl methyl sites for hydroxylation is 3. The van der Waals surface area contributed by atoms with E-state index in [1.165, 1.54) is 5.56 Å². The van der Waals surface area contributed by atoms with Gasteiger partial charge in [-0.05, 0) is 45.1 Å². The number of carbonyl (C=O) groups is 1. The molecule has 1 aliphatic rings. The summed E-state index contributed by atoms with van der Waals surface area (Å²) in [6, 6.07) is 10.3. The zero-order valence-electron chi connectivity index (χ0n) is 16.2. The van der Waals surface area contributed by atoms with Crippen LogP contribution in [0.25, 0.3) is 0 Å². The molecule has 3 rings (SSSR count). The topological polar surface area (TPSA) is 78.6 Å². The zero-order valence-corrected chi connectivity index (χ0v) is 16.2. The number of aliphatic hydroxyl groups is 1. The van der Waals surface area contributed by atoms with E-state index in [-0.39, 0.29) is 12.5 Å². The molecular weight excluding hydrogens is 342 g/mol. The Bertz CT molecular complexity index is 740. The van der Waals surface area contributed by atoms with Gasteiger partial charge in [0.25, 0.3) is 5.91 Å². The van der Waals surface area contributed by atoms with Gasteiger partial charge in [-0.15, -0.1) is 0 Å². The molecule has 1 saturated heterocycles. The number of hydrogen-bond donors (Lipinski definition) is 2. The van der Waals surface area contributed by atoms with Crippen LogP contribution >= 0.6 is 0 Å². The summed E-state index contributed by atoms with van der Waals surface area (Å²) in [5.74, 6) is 0.609. The summed E-state index contributed by atoms with van der Waals surface area (Å²) >= 11 is 0. The minimum atomic E-state index is -1.33. The first kappa shape index (κ1) is 19.6. The molecule has 1 aliphatic heterocycles. The highest BCUT2D eigenvalue weighted by molar-refractivity contribution is 5.86. The number of nitrogens with zero attached hydrogens (tertiary/aromatic N) is 2. The van der Waals surface area contributed by atoms with Gasteiger partial charge in [-0.25, -0.2) is 0 Å². The van der Waals surface area contributed by atoms with E-state index in [1.54, 1.807) is 0 Å². The molecule has 1 atom stereocenters. The van der Waals surface area contributed by atoms with Crippen molar-refractivity contribution in [2.24, 2.45) is 0 Å². The number of aromatic nitrogens is 1. The van der Waals surface area contributed by atoms with Crippen molar-refractivity contribution in [1.82, 2.24) is 15.4 Å². The van der Waals surface area contributed by atoms with Crippen LogP contribution in [0.1, 0.15) is 41.8 Å². The van der Waals surface area contributed by atoms with Crippen LogP contribution in [0.2, 0.25) is 0 Å². The SMILES string of the molecule is Cc1noc(C)c1CNC[C@]1(O)CCCN(CCCc2ccccc2)C1=O. The van der Waals surface area contributed by atoms with Crippen LogP contribution in [0.3, 0.4) is 0 Å². The third-order valence-corrected chi connectivity index (χ3v) is 5.34. The molecule has 0 spiro atoms. The second-order valence-corrected chi connectivity index (χ2v) is 7.42. The molecule has 1 aromatic heterocycles. The molecule has 6 heteroatoms. The van der Waals surface area contributed by atoms with Crippen LogP contribution in [0.5, 0.6) is 0 Å². The smallest absolute Gasteiger partial charge is 0.255 e. The average molecular weight is 371 g/mol. The van der Waals surface area contributed by atoms with E-state index in [0.29, 0.717) is 19.5 Å². The third kappa shape index (κ3) is 4.76. The van der Waals surface area contributed by atoms with E-state index in [0.717, 1.165) is 42.8 Å². The molecule has 2 aromatic rings. The summed E-state index contributed by atoms with van der Waals surface area (Å²) in [4.78, 5) is 14.6. The lowest BCUT2D eigenvalue weighted by atomic mass is 9.91. The molecule has 6 nitrogen and oxygen atoms in total. The minimum Gasteiger partial charge on any atom is -0.379 e. The molecule has 27 heavy (non-hydrogen) atoms. The monoisotopic (exact) mass is 371 g/mol. The first-order valence-electron chi connectivity index (χ1n) is 9.68. The Hall–Kier alpha value is -2.18. The summed E-state index contributed by atoms with van der Waals surface area (Å²) in [5, 5.41) is 18.0. The predicted octanol–water partition coefficient (Wildman–Crippen LogP) is 2.37. The largest absolute Gasteiger partial charge is 0.379 e. The summed E-state index contributed by atoms with van der Waals surface area (Å²) in [7, 11) is 0. The highest BCUT2D eigenvalue weighted by Gasteiger charge is 2.41. The molecule has 0 radical (unpaired) electrons. The van der Waals surface area contributed by atoms with Crippen LogP contribution in [0.4, 0.5) is 0 Å². The Morgan fingerprint density at radius 3 is 2.78 bits per heavy atom. The number of hydrogen-bond acceptors (Lipinski definition) is 5.